The molecule has 8 heteroatoms. The van der Waals surface area contributed by atoms with Gasteiger partial charge in [0.25, 0.3) is 0 Å². The van der Waals surface area contributed by atoms with Gasteiger partial charge in [-0.1, -0.05) is 18.2 Å². The lowest BCUT2D eigenvalue weighted by Crippen LogP contribution is -2.19. The van der Waals surface area contributed by atoms with E-state index in [2.05, 4.69) is 4.74 Å². The highest BCUT2D eigenvalue weighted by molar-refractivity contribution is 6.15. The highest BCUT2D eigenvalue weighted by Crippen LogP contribution is 2.25. The van der Waals surface area contributed by atoms with Crippen molar-refractivity contribution in [3.8, 4) is 6.07 Å². The van der Waals surface area contributed by atoms with Crippen molar-refractivity contribution in [3.63, 3.8) is 0 Å². The Bertz CT molecular complexity index is 995. The molecule has 0 spiro atoms. The molecule has 1 heterocycles. The Morgan fingerprint density at radius 3 is 2.43 bits per heavy atom. The van der Waals surface area contributed by atoms with E-state index in [1.807, 2.05) is 0 Å². The first-order valence-electron chi connectivity index (χ1n) is 8.16. The molecule has 0 unspecified atom stereocenters. The van der Waals surface area contributed by atoms with Crippen LogP contribution in [0.5, 0.6) is 0 Å². The summed E-state index contributed by atoms with van der Waals surface area (Å²) in [7, 11) is 1.20. The van der Waals surface area contributed by atoms with Gasteiger partial charge in [0.15, 0.2) is 0 Å². The Balaban J connectivity index is 2.49. The average Bonchev–Trinajstić information content (AvgIpc) is 2.92. The molecule has 0 fully saturated rings. The molecule has 1 aromatic heterocycles. The first-order chi connectivity index (χ1) is 13.1. The van der Waals surface area contributed by atoms with E-state index in [1.165, 1.54) is 45.2 Å². The standard InChI is InChI=1S/C20H17F3N2O3/c1-12-8-17(13(2)25(12)11-20(21,22)23)18(26)15(10-24)9-14-6-4-5-7-16(14)19(27)28-3/h4-9H,11H2,1-3H3/b15-9+. The van der Waals surface area contributed by atoms with Crippen LogP contribution >= 0.6 is 0 Å². The molecular formula is C20H17F3N2O3. The molecule has 0 atom stereocenters. The molecule has 0 N–H and O–H groups in total. The first kappa shape index (κ1) is 21.0. The number of hydrogen-bond acceptors (Lipinski definition) is 4. The van der Waals surface area contributed by atoms with E-state index in [0.717, 1.165) is 4.57 Å². The lowest BCUT2D eigenvalue weighted by atomic mass is 9.99. The number of benzene rings is 1. The number of hydrogen-bond donors (Lipinski definition) is 0. The van der Waals surface area contributed by atoms with Gasteiger partial charge in [-0.05, 0) is 37.6 Å². The van der Waals surface area contributed by atoms with E-state index >= 15 is 0 Å². The highest BCUT2D eigenvalue weighted by Gasteiger charge is 2.30. The maximum Gasteiger partial charge on any atom is 0.406 e. The Morgan fingerprint density at radius 2 is 1.86 bits per heavy atom. The van der Waals surface area contributed by atoms with Crippen LogP contribution in [0.4, 0.5) is 13.2 Å². The fourth-order valence-electron chi connectivity index (χ4n) is 2.82. The second-order valence-electron chi connectivity index (χ2n) is 6.06. The first-order valence-corrected chi connectivity index (χ1v) is 8.16. The number of carbonyl (C=O) groups is 2. The number of methoxy groups -OCH3 is 1. The number of aromatic nitrogens is 1. The van der Waals surface area contributed by atoms with Crippen molar-refractivity contribution in [2.75, 3.05) is 7.11 Å². The van der Waals surface area contributed by atoms with Gasteiger partial charge in [-0.25, -0.2) is 4.79 Å². The summed E-state index contributed by atoms with van der Waals surface area (Å²) < 4.78 is 43.9. The number of Topliss-reactive ketones (excluding diaryl/α,β-unsaturated/α-hetero) is 1. The van der Waals surface area contributed by atoms with Gasteiger partial charge in [0.1, 0.15) is 18.2 Å². The van der Waals surface area contributed by atoms with Gasteiger partial charge >= 0.3 is 12.1 Å². The highest BCUT2D eigenvalue weighted by atomic mass is 19.4. The van der Waals surface area contributed by atoms with Crippen molar-refractivity contribution in [1.82, 2.24) is 4.57 Å². The largest absolute Gasteiger partial charge is 0.465 e. The van der Waals surface area contributed by atoms with E-state index in [0.29, 0.717) is 5.56 Å². The van der Waals surface area contributed by atoms with Crippen LogP contribution in [0.25, 0.3) is 6.08 Å². The number of ether oxygens (including phenoxy) is 1. The van der Waals surface area contributed by atoms with Crippen LogP contribution in [0.2, 0.25) is 0 Å². The number of nitriles is 1. The van der Waals surface area contributed by atoms with Crippen LogP contribution in [0.3, 0.4) is 0 Å². The number of halogens is 3. The summed E-state index contributed by atoms with van der Waals surface area (Å²) in [4.78, 5) is 24.6. The molecule has 5 nitrogen and oxygen atoms in total. The molecule has 28 heavy (non-hydrogen) atoms. The summed E-state index contributed by atoms with van der Waals surface area (Å²) in [6, 6.07) is 9.31. The van der Waals surface area contributed by atoms with Gasteiger partial charge in [0, 0.05) is 17.0 Å². The normalized spacial score (nSPS) is 11.8. The molecule has 0 radical (unpaired) electrons. The van der Waals surface area contributed by atoms with E-state index < -0.39 is 24.5 Å². The Labute approximate surface area is 159 Å². The van der Waals surface area contributed by atoms with Gasteiger partial charge in [0.05, 0.1) is 12.7 Å². The Morgan fingerprint density at radius 1 is 1.21 bits per heavy atom. The third-order valence-corrected chi connectivity index (χ3v) is 4.19. The van der Waals surface area contributed by atoms with E-state index in [-0.39, 0.29) is 28.1 Å². The van der Waals surface area contributed by atoms with Crippen LogP contribution in [-0.2, 0) is 11.3 Å². The third kappa shape index (κ3) is 4.49. The zero-order chi connectivity index (χ0) is 21.1. The molecule has 0 amide bonds. The molecule has 0 bridgehead atoms. The molecule has 0 aliphatic heterocycles. The van der Waals surface area contributed by atoms with Crippen LogP contribution in [0, 0.1) is 25.2 Å². The maximum atomic E-state index is 12.8. The molecule has 0 aliphatic carbocycles. The lowest BCUT2D eigenvalue weighted by molar-refractivity contribution is -0.141. The predicted molar refractivity (Wildman–Crippen MR) is 95.7 cm³/mol. The minimum absolute atomic E-state index is 0.00472. The number of alkyl halides is 3. The van der Waals surface area contributed by atoms with Gasteiger partial charge in [-0.15, -0.1) is 0 Å². The minimum atomic E-state index is -4.44. The van der Waals surface area contributed by atoms with Crippen LogP contribution in [-0.4, -0.2) is 29.6 Å². The SMILES string of the molecule is COC(=O)c1ccccc1/C=C(\C#N)C(=O)c1cc(C)n(CC(F)(F)F)c1C. The van der Waals surface area contributed by atoms with Crippen LogP contribution < -0.4 is 0 Å². The van der Waals surface area contributed by atoms with Gasteiger partial charge in [-0.2, -0.15) is 18.4 Å². The lowest BCUT2D eigenvalue weighted by Gasteiger charge is -2.12. The Hall–Kier alpha value is -3.34. The third-order valence-electron chi connectivity index (χ3n) is 4.19. The molecular weight excluding hydrogens is 373 g/mol. The van der Waals surface area contributed by atoms with E-state index in [4.69, 9.17) is 0 Å². The minimum Gasteiger partial charge on any atom is -0.465 e. The van der Waals surface area contributed by atoms with Crippen molar-refractivity contribution in [3.05, 3.63) is 64.0 Å². The number of ketones is 1. The fraction of sp³-hybridized carbons (Fsp3) is 0.250. The second-order valence-corrected chi connectivity index (χ2v) is 6.06. The number of carbonyl (C=O) groups excluding carboxylic acids is 2. The predicted octanol–water partition coefficient (Wildman–Crippen LogP) is 4.24. The monoisotopic (exact) mass is 390 g/mol. The van der Waals surface area contributed by atoms with Crippen molar-refractivity contribution in [2.24, 2.45) is 0 Å². The summed E-state index contributed by atoms with van der Waals surface area (Å²) in [5, 5.41) is 9.42. The second kappa shape index (κ2) is 8.13. The van der Waals surface area contributed by atoms with Crippen LogP contribution in [0.15, 0.2) is 35.9 Å². The molecule has 2 rings (SSSR count). The fourth-order valence-corrected chi connectivity index (χ4v) is 2.82. The summed E-state index contributed by atoms with van der Waals surface area (Å²) in [5.41, 5.74) is 0.526. The van der Waals surface area contributed by atoms with Crippen molar-refractivity contribution in [1.29, 1.82) is 5.26 Å². The molecule has 0 saturated heterocycles. The summed E-state index contributed by atoms with van der Waals surface area (Å²) in [5.74, 6) is -1.36. The van der Waals surface area contributed by atoms with Crippen LogP contribution in [0.1, 0.15) is 37.7 Å². The Kier molecular flexibility index (Phi) is 6.09. The van der Waals surface area contributed by atoms with Gasteiger partial charge < -0.3 is 9.30 Å². The molecule has 1 aromatic carbocycles. The topological polar surface area (TPSA) is 72.1 Å². The number of esters is 1. The average molecular weight is 390 g/mol. The zero-order valence-corrected chi connectivity index (χ0v) is 15.4. The molecule has 0 saturated carbocycles. The summed E-state index contributed by atoms with van der Waals surface area (Å²) in [6.45, 7) is 1.62. The van der Waals surface area contributed by atoms with Crippen molar-refractivity contribution in [2.45, 2.75) is 26.6 Å². The smallest absolute Gasteiger partial charge is 0.406 e. The molecule has 146 valence electrons. The zero-order valence-electron chi connectivity index (χ0n) is 15.4. The van der Waals surface area contributed by atoms with Gasteiger partial charge in [-0.3, -0.25) is 4.79 Å². The van der Waals surface area contributed by atoms with Crippen molar-refractivity contribution < 1.29 is 27.5 Å². The molecule has 2 aromatic rings. The van der Waals surface area contributed by atoms with Crippen molar-refractivity contribution >= 4 is 17.8 Å². The van der Waals surface area contributed by atoms with E-state index in [1.54, 1.807) is 18.2 Å². The maximum absolute atomic E-state index is 12.8. The van der Waals surface area contributed by atoms with E-state index in [9.17, 15) is 28.0 Å². The number of rotatable bonds is 5. The molecule has 0 aliphatic rings. The quantitative estimate of drug-likeness (QED) is 0.331. The summed E-state index contributed by atoms with van der Waals surface area (Å²) >= 11 is 0. The number of allylic oxidation sites excluding steroid dienone is 1. The number of aryl methyl sites for hydroxylation is 1. The summed E-state index contributed by atoms with van der Waals surface area (Å²) in [6.07, 6.45) is -3.22. The van der Waals surface area contributed by atoms with Gasteiger partial charge in [0.2, 0.25) is 5.78 Å². The number of nitrogens with zero attached hydrogens (tertiary/aromatic N) is 2.